The summed E-state index contributed by atoms with van der Waals surface area (Å²) in [6.07, 6.45) is 2.37. The van der Waals surface area contributed by atoms with Crippen LogP contribution in [0.15, 0.2) is 0 Å². The van der Waals surface area contributed by atoms with E-state index >= 15 is 0 Å². The first kappa shape index (κ1) is 11.6. The average Bonchev–Trinajstić information content (AvgIpc) is 2.75. The third-order valence-corrected chi connectivity index (χ3v) is 3.62. The highest BCUT2D eigenvalue weighted by atomic mass is 16.8. The molecule has 17 heavy (non-hydrogen) atoms. The van der Waals surface area contributed by atoms with Crippen LogP contribution < -0.4 is 0 Å². The van der Waals surface area contributed by atoms with E-state index in [4.69, 9.17) is 18.9 Å². The molecule has 0 aromatic carbocycles. The van der Waals surface area contributed by atoms with Gasteiger partial charge in [-0.3, -0.25) is 0 Å². The zero-order valence-electron chi connectivity index (χ0n) is 10.2. The lowest BCUT2D eigenvalue weighted by atomic mass is 9.98. The van der Waals surface area contributed by atoms with Crippen molar-refractivity contribution in [3.63, 3.8) is 0 Å². The number of hydrogen-bond acceptors (Lipinski definition) is 5. The van der Waals surface area contributed by atoms with Gasteiger partial charge in [-0.05, 0) is 26.7 Å². The SMILES string of the molecule is CC1(C)O[C@H]2[C@@H](O1)[C@@]1(CCCCO1)O[C@@H]2C=O. The Morgan fingerprint density at radius 1 is 1.18 bits per heavy atom. The van der Waals surface area contributed by atoms with Gasteiger partial charge in [-0.2, -0.15) is 0 Å². The number of aldehydes is 1. The van der Waals surface area contributed by atoms with Crippen molar-refractivity contribution < 1.29 is 23.7 Å². The van der Waals surface area contributed by atoms with E-state index in [1.807, 2.05) is 13.8 Å². The van der Waals surface area contributed by atoms with Crippen LogP contribution in [0.5, 0.6) is 0 Å². The highest BCUT2D eigenvalue weighted by Crippen LogP contribution is 2.47. The van der Waals surface area contributed by atoms with Gasteiger partial charge in [0.25, 0.3) is 0 Å². The molecule has 0 bridgehead atoms. The van der Waals surface area contributed by atoms with Gasteiger partial charge < -0.3 is 23.7 Å². The first-order chi connectivity index (χ1) is 8.06. The molecule has 3 heterocycles. The van der Waals surface area contributed by atoms with Crippen LogP contribution in [0.2, 0.25) is 0 Å². The van der Waals surface area contributed by atoms with Gasteiger partial charge >= 0.3 is 0 Å². The molecule has 5 nitrogen and oxygen atoms in total. The van der Waals surface area contributed by atoms with Gasteiger partial charge in [0, 0.05) is 6.42 Å². The van der Waals surface area contributed by atoms with Crippen molar-refractivity contribution in [3.8, 4) is 0 Å². The zero-order chi connectivity index (χ0) is 12.1. The van der Waals surface area contributed by atoms with Crippen LogP contribution in [0.25, 0.3) is 0 Å². The minimum absolute atomic E-state index is 0.298. The smallest absolute Gasteiger partial charge is 0.198 e. The Morgan fingerprint density at radius 2 is 2.00 bits per heavy atom. The van der Waals surface area contributed by atoms with Crippen LogP contribution in [0, 0.1) is 0 Å². The van der Waals surface area contributed by atoms with E-state index in [1.54, 1.807) is 0 Å². The molecule has 4 atom stereocenters. The molecule has 3 rings (SSSR count). The van der Waals surface area contributed by atoms with E-state index in [0.29, 0.717) is 6.61 Å². The topological polar surface area (TPSA) is 54.0 Å². The van der Waals surface area contributed by atoms with Crippen molar-refractivity contribution in [3.05, 3.63) is 0 Å². The van der Waals surface area contributed by atoms with Crippen LogP contribution in [0.1, 0.15) is 33.1 Å². The van der Waals surface area contributed by atoms with E-state index in [2.05, 4.69) is 0 Å². The standard InChI is InChI=1S/C12H18O5/c1-11(2)16-9-8(7-13)15-12(10(9)17-11)5-3-4-6-14-12/h7-10H,3-6H2,1-2H3/t8-,9-,10-,12-/m1/s1. The van der Waals surface area contributed by atoms with Crippen LogP contribution >= 0.6 is 0 Å². The van der Waals surface area contributed by atoms with Crippen molar-refractivity contribution >= 4 is 6.29 Å². The van der Waals surface area contributed by atoms with Crippen LogP contribution in [0.4, 0.5) is 0 Å². The average molecular weight is 242 g/mol. The highest BCUT2D eigenvalue weighted by Gasteiger charge is 2.63. The Hall–Kier alpha value is -0.490. The Bertz CT molecular complexity index is 321. The predicted octanol–water partition coefficient (Wildman–Crippen LogP) is 1.00. The lowest BCUT2D eigenvalue weighted by Gasteiger charge is -2.37. The molecule has 3 aliphatic heterocycles. The largest absolute Gasteiger partial charge is 0.347 e. The highest BCUT2D eigenvalue weighted by molar-refractivity contribution is 5.58. The van der Waals surface area contributed by atoms with Crippen LogP contribution in [-0.2, 0) is 23.7 Å². The third kappa shape index (κ3) is 1.73. The first-order valence-corrected chi connectivity index (χ1v) is 6.19. The summed E-state index contributed by atoms with van der Waals surface area (Å²) in [7, 11) is 0. The molecule has 0 unspecified atom stereocenters. The van der Waals surface area contributed by atoms with Crippen molar-refractivity contribution in [1.29, 1.82) is 0 Å². The first-order valence-electron chi connectivity index (χ1n) is 6.19. The van der Waals surface area contributed by atoms with Crippen LogP contribution in [0.3, 0.4) is 0 Å². The molecular weight excluding hydrogens is 224 g/mol. The lowest BCUT2D eigenvalue weighted by molar-refractivity contribution is -0.300. The Labute approximate surface area is 100 Å². The molecule has 0 aromatic heterocycles. The number of hydrogen-bond donors (Lipinski definition) is 0. The molecule has 0 aliphatic carbocycles. The number of carbonyl (C=O) groups is 1. The second-order valence-corrected chi connectivity index (χ2v) is 5.36. The summed E-state index contributed by atoms with van der Waals surface area (Å²) in [5, 5.41) is 0. The summed E-state index contributed by atoms with van der Waals surface area (Å²) >= 11 is 0. The molecular formula is C12H18O5. The number of rotatable bonds is 1. The molecule has 0 radical (unpaired) electrons. The monoisotopic (exact) mass is 242 g/mol. The molecule has 5 heteroatoms. The molecule has 3 fully saturated rings. The fraction of sp³-hybridized carbons (Fsp3) is 0.917. The molecule has 96 valence electrons. The maximum absolute atomic E-state index is 11.1. The quantitative estimate of drug-likeness (QED) is 0.642. The van der Waals surface area contributed by atoms with Gasteiger partial charge in [0.2, 0.25) is 0 Å². The van der Waals surface area contributed by atoms with Crippen molar-refractivity contribution in [1.82, 2.24) is 0 Å². The summed E-state index contributed by atoms with van der Waals surface area (Å²) in [4.78, 5) is 11.1. The van der Waals surface area contributed by atoms with Gasteiger partial charge in [0.15, 0.2) is 17.9 Å². The molecule has 0 aromatic rings. The summed E-state index contributed by atoms with van der Waals surface area (Å²) < 4.78 is 23.2. The van der Waals surface area contributed by atoms with Gasteiger partial charge in [0.05, 0.1) is 6.61 Å². The molecule has 0 saturated carbocycles. The fourth-order valence-corrected chi connectivity index (χ4v) is 2.95. The molecule has 3 saturated heterocycles. The second-order valence-electron chi connectivity index (χ2n) is 5.36. The van der Waals surface area contributed by atoms with E-state index in [0.717, 1.165) is 25.5 Å². The second kappa shape index (κ2) is 3.75. The zero-order valence-corrected chi connectivity index (χ0v) is 10.2. The Morgan fingerprint density at radius 3 is 2.65 bits per heavy atom. The van der Waals surface area contributed by atoms with E-state index in [9.17, 15) is 4.79 Å². The van der Waals surface area contributed by atoms with Gasteiger partial charge in [-0.25, -0.2) is 0 Å². The summed E-state index contributed by atoms with van der Waals surface area (Å²) in [5.41, 5.74) is 0. The number of carbonyl (C=O) groups excluding carboxylic acids is 1. The molecule has 0 N–H and O–H groups in total. The maximum atomic E-state index is 11.1. The molecule has 3 aliphatic rings. The van der Waals surface area contributed by atoms with E-state index in [-0.39, 0.29) is 12.2 Å². The predicted molar refractivity (Wildman–Crippen MR) is 57.3 cm³/mol. The van der Waals surface area contributed by atoms with E-state index in [1.165, 1.54) is 0 Å². The van der Waals surface area contributed by atoms with Crippen molar-refractivity contribution in [2.45, 2.75) is 63.0 Å². The third-order valence-electron chi connectivity index (χ3n) is 3.62. The summed E-state index contributed by atoms with van der Waals surface area (Å²) in [5.74, 6) is -1.45. The van der Waals surface area contributed by atoms with Crippen molar-refractivity contribution in [2.24, 2.45) is 0 Å². The van der Waals surface area contributed by atoms with Gasteiger partial charge in [-0.1, -0.05) is 0 Å². The lowest BCUT2D eigenvalue weighted by Crippen LogP contribution is -2.47. The van der Waals surface area contributed by atoms with Gasteiger partial charge in [0.1, 0.15) is 18.3 Å². The summed E-state index contributed by atoms with van der Waals surface area (Å²) in [6, 6.07) is 0. The Kier molecular flexibility index (Phi) is 2.56. The molecule has 0 amide bonds. The fourth-order valence-electron chi connectivity index (χ4n) is 2.95. The van der Waals surface area contributed by atoms with Crippen LogP contribution in [-0.4, -0.2) is 42.8 Å². The summed E-state index contributed by atoms with van der Waals surface area (Å²) in [6.45, 7) is 4.35. The molecule has 1 spiro atoms. The minimum Gasteiger partial charge on any atom is -0.347 e. The van der Waals surface area contributed by atoms with Gasteiger partial charge in [-0.15, -0.1) is 0 Å². The number of ether oxygens (including phenoxy) is 4. The maximum Gasteiger partial charge on any atom is 0.198 e. The van der Waals surface area contributed by atoms with Crippen molar-refractivity contribution in [2.75, 3.05) is 6.61 Å². The Balaban J connectivity index is 1.89. The van der Waals surface area contributed by atoms with E-state index < -0.39 is 17.7 Å². The normalized spacial score (nSPS) is 48.2. The number of fused-ring (bicyclic) bond motifs is 2. The minimum atomic E-state index is -0.776.